The number of likely N-dealkylation sites (tertiary alicyclic amines) is 2. The van der Waals surface area contributed by atoms with E-state index in [0.717, 1.165) is 38.0 Å². The molecule has 0 unspecified atom stereocenters. The van der Waals surface area contributed by atoms with Gasteiger partial charge in [0, 0.05) is 37.4 Å². The zero-order valence-corrected chi connectivity index (χ0v) is 16.9. The molecule has 1 aromatic heterocycles. The molecule has 5 nitrogen and oxygen atoms in total. The molecule has 2 aliphatic heterocycles. The van der Waals surface area contributed by atoms with E-state index < -0.39 is 0 Å². The van der Waals surface area contributed by atoms with Crippen LogP contribution >= 0.6 is 0 Å². The number of carbonyl (C=O) groups is 1. The molecule has 0 radical (unpaired) electrons. The number of pyridine rings is 1. The molecule has 1 N–H and O–H groups in total. The minimum atomic E-state index is 0.162. The SMILES string of the molecule is CC=C(C)CN1CCC(N2CCC(C(=O)NCc3cccnc3)CC2)CC1. The Morgan fingerprint density at radius 3 is 2.59 bits per heavy atom. The van der Waals surface area contributed by atoms with Gasteiger partial charge in [0.15, 0.2) is 0 Å². The third kappa shape index (κ3) is 5.88. The van der Waals surface area contributed by atoms with Crippen molar-refractivity contribution in [3.8, 4) is 0 Å². The van der Waals surface area contributed by atoms with Crippen molar-refractivity contribution >= 4 is 5.91 Å². The Hall–Kier alpha value is -1.72. The Morgan fingerprint density at radius 1 is 1.22 bits per heavy atom. The minimum Gasteiger partial charge on any atom is -0.352 e. The monoisotopic (exact) mass is 370 g/mol. The van der Waals surface area contributed by atoms with Gasteiger partial charge in [-0.15, -0.1) is 0 Å². The highest BCUT2D eigenvalue weighted by Crippen LogP contribution is 2.24. The number of carbonyl (C=O) groups excluding carboxylic acids is 1. The topological polar surface area (TPSA) is 48.5 Å². The van der Waals surface area contributed by atoms with Crippen LogP contribution in [0.25, 0.3) is 0 Å². The molecule has 1 aromatic rings. The molecule has 3 rings (SSSR count). The molecule has 0 spiro atoms. The highest BCUT2D eigenvalue weighted by Gasteiger charge is 2.30. The number of nitrogens with one attached hydrogen (secondary N) is 1. The Balaban J connectivity index is 1.37. The zero-order chi connectivity index (χ0) is 19.1. The highest BCUT2D eigenvalue weighted by atomic mass is 16.1. The fraction of sp³-hybridized carbons (Fsp3) is 0.636. The van der Waals surface area contributed by atoms with Crippen molar-refractivity contribution in [1.82, 2.24) is 20.1 Å². The first-order valence-electron chi connectivity index (χ1n) is 10.4. The van der Waals surface area contributed by atoms with Gasteiger partial charge in [-0.2, -0.15) is 0 Å². The van der Waals surface area contributed by atoms with Crippen molar-refractivity contribution in [2.75, 3.05) is 32.7 Å². The number of allylic oxidation sites excluding steroid dienone is 1. The maximum atomic E-state index is 12.5. The third-order valence-corrected chi connectivity index (χ3v) is 6.13. The van der Waals surface area contributed by atoms with E-state index in [0.29, 0.717) is 12.6 Å². The van der Waals surface area contributed by atoms with Gasteiger partial charge in [-0.25, -0.2) is 0 Å². The predicted octanol–water partition coefficient (Wildman–Crippen LogP) is 2.84. The summed E-state index contributed by atoms with van der Waals surface area (Å²) < 4.78 is 0. The van der Waals surface area contributed by atoms with Crippen LogP contribution in [0.2, 0.25) is 0 Å². The van der Waals surface area contributed by atoms with Crippen LogP contribution in [0.15, 0.2) is 36.2 Å². The molecule has 148 valence electrons. The largest absolute Gasteiger partial charge is 0.352 e. The first kappa shape index (κ1) is 20.0. The van der Waals surface area contributed by atoms with Crippen LogP contribution in [-0.4, -0.2) is 59.5 Å². The molecule has 2 fully saturated rings. The fourth-order valence-corrected chi connectivity index (χ4v) is 4.25. The number of piperidine rings is 2. The lowest BCUT2D eigenvalue weighted by Gasteiger charge is -2.41. The molecule has 0 aliphatic carbocycles. The van der Waals surface area contributed by atoms with Gasteiger partial charge >= 0.3 is 0 Å². The summed E-state index contributed by atoms with van der Waals surface area (Å²) in [5.74, 6) is 0.366. The normalized spacial score (nSPS) is 21.3. The van der Waals surface area contributed by atoms with Gasteiger partial charge < -0.3 is 10.2 Å². The van der Waals surface area contributed by atoms with Crippen molar-refractivity contribution in [3.05, 3.63) is 41.7 Å². The highest BCUT2D eigenvalue weighted by molar-refractivity contribution is 5.78. The van der Waals surface area contributed by atoms with Crippen LogP contribution < -0.4 is 5.32 Å². The summed E-state index contributed by atoms with van der Waals surface area (Å²) in [6, 6.07) is 4.61. The summed E-state index contributed by atoms with van der Waals surface area (Å²) in [6.07, 6.45) is 10.3. The minimum absolute atomic E-state index is 0.162. The van der Waals surface area contributed by atoms with E-state index in [4.69, 9.17) is 0 Å². The van der Waals surface area contributed by atoms with Crippen LogP contribution in [-0.2, 0) is 11.3 Å². The number of hydrogen-bond acceptors (Lipinski definition) is 4. The van der Waals surface area contributed by atoms with E-state index in [1.54, 1.807) is 6.20 Å². The third-order valence-electron chi connectivity index (χ3n) is 6.13. The summed E-state index contributed by atoms with van der Waals surface area (Å²) in [7, 11) is 0. The molecule has 0 atom stereocenters. The lowest BCUT2D eigenvalue weighted by atomic mass is 9.92. The molecule has 5 heteroatoms. The van der Waals surface area contributed by atoms with E-state index in [2.05, 4.69) is 40.0 Å². The molecule has 2 saturated heterocycles. The first-order valence-corrected chi connectivity index (χ1v) is 10.4. The van der Waals surface area contributed by atoms with Crippen LogP contribution in [0.1, 0.15) is 45.1 Å². The molecule has 2 aliphatic rings. The molecule has 3 heterocycles. The zero-order valence-electron chi connectivity index (χ0n) is 16.9. The maximum absolute atomic E-state index is 12.5. The maximum Gasteiger partial charge on any atom is 0.223 e. The Bertz CT molecular complexity index is 614. The number of nitrogens with zero attached hydrogens (tertiary/aromatic N) is 3. The molecular weight excluding hydrogens is 336 g/mol. The second-order valence-corrected chi connectivity index (χ2v) is 8.03. The first-order chi connectivity index (χ1) is 13.2. The molecule has 1 amide bonds. The summed E-state index contributed by atoms with van der Waals surface area (Å²) in [5, 5.41) is 3.08. The second kappa shape index (κ2) is 10.00. The van der Waals surface area contributed by atoms with Crippen molar-refractivity contribution in [1.29, 1.82) is 0 Å². The molecular formula is C22H34N4O. The molecule has 0 aromatic carbocycles. The summed E-state index contributed by atoms with van der Waals surface area (Å²) >= 11 is 0. The van der Waals surface area contributed by atoms with Gasteiger partial charge in [-0.05, 0) is 77.3 Å². The van der Waals surface area contributed by atoms with Crippen LogP contribution in [0, 0.1) is 5.92 Å². The van der Waals surface area contributed by atoms with Crippen LogP contribution in [0.4, 0.5) is 0 Å². The van der Waals surface area contributed by atoms with Gasteiger partial charge in [0.25, 0.3) is 0 Å². The van der Waals surface area contributed by atoms with Crippen molar-refractivity contribution in [2.45, 2.75) is 52.1 Å². The van der Waals surface area contributed by atoms with Gasteiger partial charge in [0.2, 0.25) is 5.91 Å². The van der Waals surface area contributed by atoms with E-state index in [1.165, 1.54) is 31.5 Å². The number of rotatable bonds is 6. The average Bonchev–Trinajstić information content (AvgIpc) is 2.73. The molecule has 27 heavy (non-hydrogen) atoms. The van der Waals surface area contributed by atoms with E-state index in [1.807, 2.05) is 18.3 Å². The van der Waals surface area contributed by atoms with E-state index in [9.17, 15) is 4.79 Å². The predicted molar refractivity (Wildman–Crippen MR) is 109 cm³/mol. The fourth-order valence-electron chi connectivity index (χ4n) is 4.25. The van der Waals surface area contributed by atoms with Gasteiger partial charge in [-0.1, -0.05) is 17.7 Å². The van der Waals surface area contributed by atoms with Crippen molar-refractivity contribution < 1.29 is 4.79 Å². The lowest BCUT2D eigenvalue weighted by Crippen LogP contribution is -2.49. The standard InChI is InChI=1S/C22H34N4O/c1-3-18(2)17-25-11-8-21(9-12-25)26-13-6-20(7-14-26)22(27)24-16-19-5-4-10-23-15-19/h3-5,10,15,20-21H,6-9,11-14,16-17H2,1-2H3,(H,24,27). The van der Waals surface area contributed by atoms with E-state index >= 15 is 0 Å². The Kier molecular flexibility index (Phi) is 7.41. The van der Waals surface area contributed by atoms with Crippen molar-refractivity contribution in [3.63, 3.8) is 0 Å². The number of amides is 1. The van der Waals surface area contributed by atoms with Gasteiger partial charge in [-0.3, -0.25) is 14.7 Å². The number of aromatic nitrogens is 1. The summed E-state index contributed by atoms with van der Waals surface area (Å²) in [6.45, 7) is 10.5. The second-order valence-electron chi connectivity index (χ2n) is 8.03. The summed E-state index contributed by atoms with van der Waals surface area (Å²) in [4.78, 5) is 21.8. The van der Waals surface area contributed by atoms with Gasteiger partial charge in [0.05, 0.1) is 0 Å². The molecule has 0 saturated carbocycles. The number of hydrogen-bond donors (Lipinski definition) is 1. The summed E-state index contributed by atoms with van der Waals surface area (Å²) in [5.41, 5.74) is 2.52. The Morgan fingerprint density at radius 2 is 1.96 bits per heavy atom. The molecule has 0 bridgehead atoms. The smallest absolute Gasteiger partial charge is 0.223 e. The van der Waals surface area contributed by atoms with Gasteiger partial charge in [0.1, 0.15) is 0 Å². The quantitative estimate of drug-likeness (QED) is 0.783. The van der Waals surface area contributed by atoms with Crippen LogP contribution in [0.3, 0.4) is 0 Å². The average molecular weight is 371 g/mol. The Labute approximate surface area is 163 Å². The van der Waals surface area contributed by atoms with Crippen molar-refractivity contribution in [2.24, 2.45) is 5.92 Å². The van der Waals surface area contributed by atoms with Crippen LogP contribution in [0.5, 0.6) is 0 Å². The lowest BCUT2D eigenvalue weighted by molar-refractivity contribution is -0.126. The van der Waals surface area contributed by atoms with E-state index in [-0.39, 0.29) is 11.8 Å².